The zero-order chi connectivity index (χ0) is 11.8. The standard InChI is InChI=1S/C12H16N2OS.ClH/c13-8-10-3-5-12(6-4-10)15-7-1-2-11(14)9-16;/h3-6,11,16H,1-2,7,9,14H2;1H/t11-;/m0./s1. The van der Waals surface area contributed by atoms with Crippen LogP contribution in [0.3, 0.4) is 0 Å². The number of benzene rings is 1. The number of thiol groups is 1. The van der Waals surface area contributed by atoms with Crippen molar-refractivity contribution in [2.75, 3.05) is 12.4 Å². The topological polar surface area (TPSA) is 59.0 Å². The fraction of sp³-hybridized carbons (Fsp3) is 0.417. The molecule has 3 nitrogen and oxygen atoms in total. The van der Waals surface area contributed by atoms with Gasteiger partial charge in [-0.3, -0.25) is 0 Å². The van der Waals surface area contributed by atoms with E-state index in [1.54, 1.807) is 24.3 Å². The highest BCUT2D eigenvalue weighted by Crippen LogP contribution is 2.12. The predicted molar refractivity (Wildman–Crippen MR) is 75.0 cm³/mol. The van der Waals surface area contributed by atoms with Gasteiger partial charge in [-0.25, -0.2) is 0 Å². The number of hydrogen-bond donors (Lipinski definition) is 2. The molecule has 0 aromatic heterocycles. The Hall–Kier alpha value is -0.890. The lowest BCUT2D eigenvalue weighted by molar-refractivity contribution is 0.303. The highest BCUT2D eigenvalue weighted by Gasteiger charge is 1.99. The first-order valence-corrected chi connectivity index (χ1v) is 5.89. The van der Waals surface area contributed by atoms with Crippen LogP contribution in [-0.4, -0.2) is 18.4 Å². The van der Waals surface area contributed by atoms with Crippen LogP contribution < -0.4 is 10.5 Å². The zero-order valence-corrected chi connectivity index (χ0v) is 11.2. The molecule has 5 heteroatoms. The molecule has 1 aromatic rings. The van der Waals surface area contributed by atoms with Crippen LogP contribution in [0.25, 0.3) is 0 Å². The summed E-state index contributed by atoms with van der Waals surface area (Å²) in [6.45, 7) is 0.646. The zero-order valence-electron chi connectivity index (χ0n) is 9.50. The molecule has 1 atom stereocenters. The van der Waals surface area contributed by atoms with Crippen molar-refractivity contribution in [1.82, 2.24) is 0 Å². The molecule has 0 saturated heterocycles. The normalized spacial score (nSPS) is 11.1. The number of rotatable bonds is 6. The van der Waals surface area contributed by atoms with Crippen molar-refractivity contribution in [2.45, 2.75) is 18.9 Å². The lowest BCUT2D eigenvalue weighted by Gasteiger charge is -2.09. The summed E-state index contributed by atoms with van der Waals surface area (Å²) in [5.74, 6) is 1.50. The van der Waals surface area contributed by atoms with E-state index in [-0.39, 0.29) is 18.4 Å². The first-order valence-electron chi connectivity index (χ1n) is 5.25. The van der Waals surface area contributed by atoms with Gasteiger partial charge in [-0.1, -0.05) is 0 Å². The molecule has 0 bridgehead atoms. The van der Waals surface area contributed by atoms with Gasteiger partial charge in [-0.2, -0.15) is 17.9 Å². The molecule has 1 rings (SSSR count). The average Bonchev–Trinajstić information content (AvgIpc) is 2.35. The van der Waals surface area contributed by atoms with Gasteiger partial charge in [-0.15, -0.1) is 12.4 Å². The molecule has 0 unspecified atom stereocenters. The average molecular weight is 273 g/mol. The summed E-state index contributed by atoms with van der Waals surface area (Å²) in [4.78, 5) is 0. The second-order valence-electron chi connectivity index (χ2n) is 3.57. The molecule has 0 fully saturated rings. The third-order valence-corrected chi connectivity index (χ3v) is 2.67. The predicted octanol–water partition coefficient (Wildman–Crippen LogP) is 2.40. The Morgan fingerprint density at radius 3 is 2.53 bits per heavy atom. The quantitative estimate of drug-likeness (QED) is 0.618. The second kappa shape index (κ2) is 9.17. The summed E-state index contributed by atoms with van der Waals surface area (Å²) in [5, 5.41) is 8.62. The lowest BCUT2D eigenvalue weighted by atomic mass is 10.2. The molecule has 0 aliphatic carbocycles. The van der Waals surface area contributed by atoms with Crippen LogP contribution in [0.4, 0.5) is 0 Å². The molecule has 0 aliphatic rings. The van der Waals surface area contributed by atoms with Gasteiger partial charge in [0, 0.05) is 11.8 Å². The first kappa shape index (κ1) is 16.1. The van der Waals surface area contributed by atoms with Crippen molar-refractivity contribution in [3.8, 4) is 11.8 Å². The first-order chi connectivity index (χ1) is 7.76. The summed E-state index contributed by atoms with van der Waals surface area (Å²) in [6, 6.07) is 9.30. The Balaban J connectivity index is 0.00000256. The van der Waals surface area contributed by atoms with E-state index in [2.05, 4.69) is 18.7 Å². The van der Waals surface area contributed by atoms with Gasteiger partial charge in [0.2, 0.25) is 0 Å². The van der Waals surface area contributed by atoms with E-state index >= 15 is 0 Å². The summed E-state index contributed by atoms with van der Waals surface area (Å²) < 4.78 is 5.51. The lowest BCUT2D eigenvalue weighted by Crippen LogP contribution is -2.22. The fourth-order valence-corrected chi connectivity index (χ4v) is 1.44. The SMILES string of the molecule is Cl.N#Cc1ccc(OCCC[C@H](N)CS)cc1. The number of nitriles is 1. The van der Waals surface area contributed by atoms with Crippen LogP contribution in [-0.2, 0) is 0 Å². The molecule has 0 radical (unpaired) electrons. The molecule has 0 heterocycles. The Morgan fingerprint density at radius 1 is 1.35 bits per heavy atom. The van der Waals surface area contributed by atoms with E-state index in [0.717, 1.165) is 18.6 Å². The minimum Gasteiger partial charge on any atom is -0.494 e. The molecule has 17 heavy (non-hydrogen) atoms. The fourth-order valence-electron chi connectivity index (χ4n) is 1.25. The van der Waals surface area contributed by atoms with Crippen molar-refractivity contribution in [1.29, 1.82) is 5.26 Å². The molecular formula is C12H17ClN2OS. The monoisotopic (exact) mass is 272 g/mol. The van der Waals surface area contributed by atoms with E-state index in [1.165, 1.54) is 0 Å². The van der Waals surface area contributed by atoms with Crippen molar-refractivity contribution >= 4 is 25.0 Å². The van der Waals surface area contributed by atoms with Gasteiger partial charge in [0.1, 0.15) is 5.75 Å². The van der Waals surface area contributed by atoms with Crippen molar-refractivity contribution < 1.29 is 4.74 Å². The molecular weight excluding hydrogens is 256 g/mol. The molecule has 0 spiro atoms. The maximum atomic E-state index is 8.62. The Morgan fingerprint density at radius 2 is 2.00 bits per heavy atom. The van der Waals surface area contributed by atoms with Crippen molar-refractivity contribution in [3.63, 3.8) is 0 Å². The maximum Gasteiger partial charge on any atom is 0.119 e. The minimum atomic E-state index is 0. The molecule has 0 saturated carbocycles. The minimum absolute atomic E-state index is 0. The third-order valence-electron chi connectivity index (χ3n) is 2.21. The molecule has 0 amide bonds. The molecule has 94 valence electrons. The summed E-state index contributed by atoms with van der Waals surface area (Å²) >= 11 is 4.11. The van der Waals surface area contributed by atoms with Crippen LogP contribution in [0.15, 0.2) is 24.3 Å². The van der Waals surface area contributed by atoms with Crippen LogP contribution in [0.5, 0.6) is 5.75 Å². The van der Waals surface area contributed by atoms with Crippen LogP contribution >= 0.6 is 25.0 Å². The summed E-state index contributed by atoms with van der Waals surface area (Å²) in [5.41, 5.74) is 6.37. The molecule has 1 aromatic carbocycles. The van der Waals surface area contributed by atoms with Gasteiger partial charge in [0.25, 0.3) is 0 Å². The van der Waals surface area contributed by atoms with Gasteiger partial charge < -0.3 is 10.5 Å². The highest BCUT2D eigenvalue weighted by molar-refractivity contribution is 7.80. The number of ether oxygens (including phenoxy) is 1. The van der Waals surface area contributed by atoms with E-state index in [1.807, 2.05) is 0 Å². The summed E-state index contributed by atoms with van der Waals surface area (Å²) in [6.07, 6.45) is 1.83. The van der Waals surface area contributed by atoms with E-state index in [4.69, 9.17) is 15.7 Å². The Labute approximate surface area is 114 Å². The maximum absolute atomic E-state index is 8.62. The van der Waals surface area contributed by atoms with Gasteiger partial charge in [0.05, 0.1) is 18.2 Å². The van der Waals surface area contributed by atoms with E-state index < -0.39 is 0 Å². The number of nitrogens with zero attached hydrogens (tertiary/aromatic N) is 1. The Kier molecular flexibility index (Phi) is 8.69. The van der Waals surface area contributed by atoms with Crippen molar-refractivity contribution in [3.05, 3.63) is 29.8 Å². The molecule has 2 N–H and O–H groups in total. The van der Waals surface area contributed by atoms with Gasteiger partial charge >= 0.3 is 0 Å². The largest absolute Gasteiger partial charge is 0.494 e. The van der Waals surface area contributed by atoms with Crippen LogP contribution in [0, 0.1) is 11.3 Å². The van der Waals surface area contributed by atoms with E-state index in [0.29, 0.717) is 17.9 Å². The highest BCUT2D eigenvalue weighted by atomic mass is 35.5. The number of hydrogen-bond acceptors (Lipinski definition) is 4. The Bertz CT molecular complexity index is 351. The van der Waals surface area contributed by atoms with Gasteiger partial charge in [-0.05, 0) is 37.1 Å². The third kappa shape index (κ3) is 6.42. The smallest absolute Gasteiger partial charge is 0.119 e. The second-order valence-corrected chi connectivity index (χ2v) is 3.93. The van der Waals surface area contributed by atoms with E-state index in [9.17, 15) is 0 Å². The van der Waals surface area contributed by atoms with Gasteiger partial charge in [0.15, 0.2) is 0 Å². The molecule has 0 aliphatic heterocycles. The van der Waals surface area contributed by atoms with Crippen LogP contribution in [0.2, 0.25) is 0 Å². The number of halogens is 1. The van der Waals surface area contributed by atoms with Crippen LogP contribution in [0.1, 0.15) is 18.4 Å². The number of nitrogens with two attached hydrogens (primary N) is 1. The van der Waals surface area contributed by atoms with Crippen molar-refractivity contribution in [2.24, 2.45) is 5.73 Å². The summed E-state index contributed by atoms with van der Waals surface area (Å²) in [7, 11) is 0.